The number of hydrogen-bond acceptors (Lipinski definition) is 16. The largest absolute Gasteiger partial charge is 0.481 e. The molecule has 0 aliphatic heterocycles. The number of nitrogens with two attached hydrogens (primary N) is 5. The van der Waals surface area contributed by atoms with Crippen LogP contribution in [-0.4, -0.2) is 186 Å². The van der Waals surface area contributed by atoms with Crippen LogP contribution in [0.1, 0.15) is 79.1 Å². The highest BCUT2D eigenvalue weighted by atomic mass is 16.4. The number of nitrogens with one attached hydrogen (secondary N) is 10. The Morgan fingerprint density at radius 2 is 0.747 bits per heavy atom. The zero-order valence-corrected chi connectivity index (χ0v) is 42.2. The fourth-order valence-corrected chi connectivity index (χ4v) is 6.26. The van der Waals surface area contributed by atoms with Crippen molar-refractivity contribution < 1.29 is 77.6 Å². The van der Waals surface area contributed by atoms with E-state index in [1.165, 1.54) is 0 Å². The monoisotopic (exact) mass is 1070 g/mol. The number of carbonyl (C=O) groups is 13. The average molecular weight is 1070 g/mol. The van der Waals surface area contributed by atoms with Gasteiger partial charge < -0.3 is 97.2 Å². The molecule has 75 heavy (non-hydrogen) atoms. The molecule has 0 bridgehead atoms. The number of aliphatic carboxylic acids is 3. The van der Waals surface area contributed by atoms with Crippen molar-refractivity contribution in [2.45, 2.75) is 115 Å². The summed E-state index contributed by atoms with van der Waals surface area (Å²) in [5.74, 6) is -15.1. The summed E-state index contributed by atoms with van der Waals surface area (Å²) in [5, 5.41) is 50.3. The van der Waals surface area contributed by atoms with E-state index in [9.17, 15) is 72.5 Å². The average Bonchev–Trinajstić information content (AvgIpc) is 3.30. The van der Waals surface area contributed by atoms with Crippen LogP contribution in [-0.2, 0) is 62.3 Å². The lowest BCUT2D eigenvalue weighted by atomic mass is 10.0. The molecule has 0 aromatic carbocycles. The topological polar surface area (TPSA) is 558 Å². The van der Waals surface area contributed by atoms with Crippen LogP contribution in [0.4, 0.5) is 0 Å². The van der Waals surface area contributed by atoms with E-state index < -0.39 is 159 Å². The van der Waals surface area contributed by atoms with Gasteiger partial charge in [0, 0.05) is 13.1 Å². The summed E-state index contributed by atoms with van der Waals surface area (Å²) in [5.41, 5.74) is 27.1. The number of nitrogens with zero attached hydrogens (tertiary/aromatic N) is 2. The molecule has 0 fully saturated rings. The normalized spacial score (nSPS) is 13.1. The predicted molar refractivity (Wildman–Crippen MR) is 264 cm³/mol. The van der Waals surface area contributed by atoms with Crippen molar-refractivity contribution >= 4 is 88.9 Å². The number of amides is 10. The van der Waals surface area contributed by atoms with E-state index in [0.29, 0.717) is 6.42 Å². The summed E-state index contributed by atoms with van der Waals surface area (Å²) in [4.78, 5) is 171. The molecule has 0 unspecified atom stereocenters. The molecule has 0 aliphatic carbocycles. The molecule has 0 heterocycles. The van der Waals surface area contributed by atoms with Crippen molar-refractivity contribution in [3.05, 3.63) is 0 Å². The van der Waals surface area contributed by atoms with Crippen molar-refractivity contribution in [2.75, 3.05) is 45.8 Å². The highest BCUT2D eigenvalue weighted by Gasteiger charge is 2.33. The Balaban J connectivity index is 5.99. The number of guanidine groups is 2. The molecular formula is C42H73N17O16. The molecular weight excluding hydrogens is 999 g/mol. The summed E-state index contributed by atoms with van der Waals surface area (Å²) in [6.07, 6.45) is -1.71. The van der Waals surface area contributed by atoms with Gasteiger partial charge in [-0.05, 0) is 50.4 Å². The van der Waals surface area contributed by atoms with Gasteiger partial charge in [0.25, 0.3) is 0 Å². The molecule has 0 aliphatic rings. The van der Waals surface area contributed by atoms with Crippen LogP contribution in [0.2, 0.25) is 0 Å². The lowest BCUT2D eigenvalue weighted by Gasteiger charge is -2.26. The zero-order valence-electron chi connectivity index (χ0n) is 42.2. The summed E-state index contributed by atoms with van der Waals surface area (Å²) in [7, 11) is 0. The fourth-order valence-electron chi connectivity index (χ4n) is 6.26. The Morgan fingerprint density at radius 1 is 0.400 bits per heavy atom. The first-order valence-electron chi connectivity index (χ1n) is 23.4. The van der Waals surface area contributed by atoms with Gasteiger partial charge in [-0.2, -0.15) is 0 Å². The summed E-state index contributed by atoms with van der Waals surface area (Å²) in [6.45, 7) is 3.29. The standard InChI is InChI=1S/C42H73N17O16/c1-20(2)11-24(38(73)57-23(8-6-10-49-42(46)47)36(71)53-16-29(61)50-15-28(60)51-19-34(68)69)55-31(63)18-54-37(72)26(13-32(64)65)59-39(74)25(12-21(3)4)58-40(75)27(14-33(66)67)56-30(62)17-52-35(70)22(43)7-5-9-48-41(44)45/h20-27H,5-19,43H2,1-4H3,(H,50,61)(H,51,60)(H,52,70)(H,53,71)(H,54,72)(H,55,63)(H,56,62)(H,57,73)(H,58,75)(H,59,74)(H,64,65)(H,66,67)(H,68,69)(H4,44,45,48)(H4,46,47,49)/t22-,23-,24-,25-,26-,27-/m0/s1. The Kier molecular flexibility index (Phi) is 31.7. The number of rotatable bonds is 37. The van der Waals surface area contributed by atoms with Gasteiger partial charge in [0.1, 0.15) is 36.8 Å². The van der Waals surface area contributed by atoms with Crippen molar-refractivity contribution in [3.8, 4) is 0 Å². The van der Waals surface area contributed by atoms with Gasteiger partial charge in [0.15, 0.2) is 11.9 Å². The molecule has 0 aromatic rings. The smallest absolute Gasteiger partial charge is 0.322 e. The van der Waals surface area contributed by atoms with Crippen LogP contribution in [0.3, 0.4) is 0 Å². The van der Waals surface area contributed by atoms with E-state index in [1.54, 1.807) is 27.7 Å². The number of carboxylic acid groups (broad SMARTS) is 3. The van der Waals surface area contributed by atoms with E-state index in [2.05, 4.69) is 57.8 Å². The van der Waals surface area contributed by atoms with Gasteiger partial charge in [0.05, 0.1) is 45.1 Å². The van der Waals surface area contributed by atoms with E-state index in [1.807, 2.05) is 5.32 Å². The van der Waals surface area contributed by atoms with Gasteiger partial charge in [-0.25, -0.2) is 0 Å². The molecule has 0 rings (SSSR count). The molecule has 0 radical (unpaired) electrons. The molecule has 33 heteroatoms. The van der Waals surface area contributed by atoms with Crippen LogP contribution in [0.15, 0.2) is 9.98 Å². The van der Waals surface area contributed by atoms with Crippen molar-refractivity contribution in [2.24, 2.45) is 50.5 Å². The Hall–Kier alpha value is -8.39. The lowest BCUT2D eigenvalue weighted by Crippen LogP contribution is -2.58. The number of carboxylic acids is 3. The van der Waals surface area contributed by atoms with E-state index >= 15 is 0 Å². The summed E-state index contributed by atoms with van der Waals surface area (Å²) >= 11 is 0. The molecule has 10 amide bonds. The highest BCUT2D eigenvalue weighted by molar-refractivity contribution is 5.98. The van der Waals surface area contributed by atoms with Gasteiger partial charge in [0.2, 0.25) is 59.1 Å². The zero-order chi connectivity index (χ0) is 57.4. The molecule has 23 N–H and O–H groups in total. The Bertz CT molecular complexity index is 2080. The van der Waals surface area contributed by atoms with Crippen LogP contribution in [0.5, 0.6) is 0 Å². The van der Waals surface area contributed by atoms with Gasteiger partial charge in [-0.15, -0.1) is 0 Å². The summed E-state index contributed by atoms with van der Waals surface area (Å²) in [6, 6.07) is -9.01. The second kappa shape index (κ2) is 35.7. The third-order valence-corrected chi connectivity index (χ3v) is 9.78. The molecule has 0 saturated heterocycles. The molecule has 422 valence electrons. The van der Waals surface area contributed by atoms with Crippen LogP contribution < -0.4 is 81.8 Å². The Morgan fingerprint density at radius 3 is 1.20 bits per heavy atom. The number of hydrogen-bond donors (Lipinski definition) is 18. The maximum Gasteiger partial charge on any atom is 0.322 e. The van der Waals surface area contributed by atoms with Crippen molar-refractivity contribution in [3.63, 3.8) is 0 Å². The lowest BCUT2D eigenvalue weighted by molar-refractivity contribution is -0.141. The Labute approximate surface area is 430 Å². The van der Waals surface area contributed by atoms with Crippen molar-refractivity contribution in [1.82, 2.24) is 53.2 Å². The minimum absolute atomic E-state index is 0.0210. The first-order valence-corrected chi connectivity index (χ1v) is 23.4. The van der Waals surface area contributed by atoms with E-state index in [4.69, 9.17) is 33.8 Å². The SMILES string of the molecule is CC(C)C[C@H](NC(=O)CNC(=O)[C@H](CC(=O)O)NC(=O)[C@H](CC(C)C)NC(=O)[C@H](CC(=O)O)NC(=O)CNC(=O)[C@@H](N)CCCN=C(N)N)C(=O)N[C@@H](CCCN=C(N)N)C(=O)NCC(=O)NCC(=O)NCC(=O)O. The van der Waals surface area contributed by atoms with Crippen LogP contribution in [0, 0.1) is 11.8 Å². The summed E-state index contributed by atoms with van der Waals surface area (Å²) < 4.78 is 0. The minimum atomic E-state index is -1.88. The van der Waals surface area contributed by atoms with Crippen LogP contribution >= 0.6 is 0 Å². The second-order valence-corrected chi connectivity index (χ2v) is 17.5. The molecule has 6 atom stereocenters. The first-order chi connectivity index (χ1) is 35.0. The molecule has 0 aromatic heterocycles. The van der Waals surface area contributed by atoms with Gasteiger partial charge in [-0.1, -0.05) is 27.7 Å². The van der Waals surface area contributed by atoms with Crippen molar-refractivity contribution in [1.29, 1.82) is 0 Å². The fraction of sp³-hybridized carbons (Fsp3) is 0.643. The number of carbonyl (C=O) groups excluding carboxylic acids is 10. The second-order valence-electron chi connectivity index (χ2n) is 17.5. The molecule has 33 nitrogen and oxygen atoms in total. The quantitative estimate of drug-likeness (QED) is 0.0156. The van der Waals surface area contributed by atoms with Crippen LogP contribution in [0.25, 0.3) is 0 Å². The minimum Gasteiger partial charge on any atom is -0.481 e. The first kappa shape index (κ1) is 66.6. The third-order valence-electron chi connectivity index (χ3n) is 9.78. The molecule has 0 saturated carbocycles. The highest BCUT2D eigenvalue weighted by Crippen LogP contribution is 2.09. The predicted octanol–water partition coefficient (Wildman–Crippen LogP) is -8.45. The van der Waals surface area contributed by atoms with E-state index in [-0.39, 0.29) is 68.9 Å². The maximum atomic E-state index is 13.6. The van der Waals surface area contributed by atoms with E-state index in [0.717, 1.165) is 0 Å². The number of aliphatic imine (C=N–C) groups is 2. The maximum absolute atomic E-state index is 13.6. The van der Waals surface area contributed by atoms with Gasteiger partial charge >= 0.3 is 17.9 Å². The third kappa shape index (κ3) is 32.3. The van der Waals surface area contributed by atoms with Gasteiger partial charge in [-0.3, -0.25) is 72.3 Å². The molecule has 0 spiro atoms.